The molecule has 5 rings (SSSR count). The highest BCUT2D eigenvalue weighted by atomic mass is 32.2. The smallest absolute Gasteiger partial charge is 0.262 e. The number of Topliss-reactive ketones (excluding diaryl/α,β-unsaturated/α-hetero) is 1. The van der Waals surface area contributed by atoms with Crippen molar-refractivity contribution in [2.24, 2.45) is 0 Å². The van der Waals surface area contributed by atoms with Crippen LogP contribution in [0.5, 0.6) is 5.75 Å². The van der Waals surface area contributed by atoms with Crippen LogP contribution in [0.15, 0.2) is 52.4 Å². The maximum Gasteiger partial charge on any atom is 0.262 e. The first-order valence-corrected chi connectivity index (χ1v) is 14.4. The van der Waals surface area contributed by atoms with Gasteiger partial charge in [0, 0.05) is 23.8 Å². The summed E-state index contributed by atoms with van der Waals surface area (Å²) in [6.07, 6.45) is 6.01. The molecule has 2 aliphatic rings. The normalized spacial score (nSPS) is 17.7. The Bertz CT molecular complexity index is 1360. The molecule has 0 unspecified atom stereocenters. The molecule has 200 valence electrons. The first-order valence-electron chi connectivity index (χ1n) is 13.4. The van der Waals surface area contributed by atoms with Crippen LogP contribution in [-0.4, -0.2) is 52.4 Å². The molecule has 9 heteroatoms. The lowest BCUT2D eigenvalue weighted by Gasteiger charge is -2.17. The third-order valence-electron chi connectivity index (χ3n) is 7.10. The van der Waals surface area contributed by atoms with E-state index in [4.69, 9.17) is 14.5 Å². The molecular formula is C29H33N3O5S. The van der Waals surface area contributed by atoms with Gasteiger partial charge in [0.25, 0.3) is 11.5 Å². The fourth-order valence-electron chi connectivity index (χ4n) is 5.06. The minimum atomic E-state index is -0.190. The molecule has 0 spiro atoms. The Morgan fingerprint density at radius 1 is 1.08 bits per heavy atom. The number of nitrogens with zero attached hydrogens (tertiary/aromatic N) is 2. The van der Waals surface area contributed by atoms with E-state index in [0.717, 1.165) is 38.5 Å². The lowest BCUT2D eigenvalue weighted by atomic mass is 10.1. The van der Waals surface area contributed by atoms with Gasteiger partial charge in [-0.1, -0.05) is 24.6 Å². The number of hydrogen-bond acceptors (Lipinski definition) is 7. The van der Waals surface area contributed by atoms with Crippen LogP contribution in [0.1, 0.15) is 66.2 Å². The Hall–Kier alpha value is -3.17. The van der Waals surface area contributed by atoms with Gasteiger partial charge in [0.05, 0.1) is 35.9 Å². The molecule has 1 aliphatic heterocycles. The van der Waals surface area contributed by atoms with Gasteiger partial charge in [-0.25, -0.2) is 4.98 Å². The molecule has 1 saturated carbocycles. The summed E-state index contributed by atoms with van der Waals surface area (Å²) < 4.78 is 12.9. The van der Waals surface area contributed by atoms with Crippen LogP contribution >= 0.6 is 11.8 Å². The molecule has 2 aromatic carbocycles. The standard InChI is InChI=1S/C29H33N3O5S/c1-2-36-22-12-9-19(10-13-22)26(33)18-38-29-31-25-16-20(27(34)30-21-6-3-4-7-21)11-14-24(25)28(35)32(29)17-23-8-5-15-37-23/h9-14,16,21,23H,2-8,15,17-18H2,1H3,(H,30,34)/t23-/m0/s1. The van der Waals surface area contributed by atoms with Gasteiger partial charge in [-0.15, -0.1) is 0 Å². The van der Waals surface area contributed by atoms with Crippen molar-refractivity contribution in [3.05, 3.63) is 63.9 Å². The fraction of sp³-hybridized carbons (Fsp3) is 0.448. The van der Waals surface area contributed by atoms with Gasteiger partial charge >= 0.3 is 0 Å². The van der Waals surface area contributed by atoms with Crippen LogP contribution < -0.4 is 15.6 Å². The molecule has 1 N–H and O–H groups in total. The van der Waals surface area contributed by atoms with Gasteiger partial charge < -0.3 is 14.8 Å². The number of amides is 1. The van der Waals surface area contributed by atoms with Crippen LogP contribution in [0.3, 0.4) is 0 Å². The van der Waals surface area contributed by atoms with E-state index in [1.807, 2.05) is 6.92 Å². The maximum absolute atomic E-state index is 13.6. The van der Waals surface area contributed by atoms with Crippen molar-refractivity contribution < 1.29 is 19.1 Å². The largest absolute Gasteiger partial charge is 0.494 e. The molecule has 0 bridgehead atoms. The average Bonchev–Trinajstić information content (AvgIpc) is 3.64. The lowest BCUT2D eigenvalue weighted by Crippen LogP contribution is -2.32. The second-order valence-corrected chi connectivity index (χ2v) is 10.7. The van der Waals surface area contributed by atoms with Gasteiger partial charge in [0.1, 0.15) is 5.75 Å². The highest BCUT2D eigenvalue weighted by Crippen LogP contribution is 2.24. The monoisotopic (exact) mass is 535 g/mol. The molecule has 1 amide bonds. The van der Waals surface area contributed by atoms with Gasteiger partial charge in [-0.3, -0.25) is 19.0 Å². The van der Waals surface area contributed by atoms with Gasteiger partial charge in [-0.2, -0.15) is 0 Å². The number of benzene rings is 2. The van der Waals surface area contributed by atoms with E-state index in [0.29, 0.717) is 52.7 Å². The summed E-state index contributed by atoms with van der Waals surface area (Å²) >= 11 is 1.23. The zero-order chi connectivity index (χ0) is 26.5. The highest BCUT2D eigenvalue weighted by molar-refractivity contribution is 7.99. The summed E-state index contributed by atoms with van der Waals surface area (Å²) in [5, 5.41) is 3.99. The van der Waals surface area contributed by atoms with E-state index in [2.05, 4.69) is 5.32 Å². The Kier molecular flexibility index (Phi) is 8.44. The third-order valence-corrected chi connectivity index (χ3v) is 8.08. The molecule has 8 nitrogen and oxygen atoms in total. The number of hydrogen-bond donors (Lipinski definition) is 1. The number of aromatic nitrogens is 2. The van der Waals surface area contributed by atoms with Crippen LogP contribution in [0.2, 0.25) is 0 Å². The lowest BCUT2D eigenvalue weighted by molar-refractivity contribution is 0.0935. The molecular weight excluding hydrogens is 502 g/mol. The number of fused-ring (bicyclic) bond motifs is 1. The Balaban J connectivity index is 1.41. The van der Waals surface area contributed by atoms with Crippen LogP contribution in [0.4, 0.5) is 0 Å². The first kappa shape index (κ1) is 26.4. The number of nitrogens with one attached hydrogen (secondary N) is 1. The van der Waals surface area contributed by atoms with Crippen molar-refractivity contribution in [3.63, 3.8) is 0 Å². The van der Waals surface area contributed by atoms with Crippen molar-refractivity contribution in [1.82, 2.24) is 14.9 Å². The minimum absolute atomic E-state index is 0.0652. The number of thioether (sulfide) groups is 1. The zero-order valence-electron chi connectivity index (χ0n) is 21.6. The summed E-state index contributed by atoms with van der Waals surface area (Å²) in [5.74, 6) is 0.620. The van der Waals surface area contributed by atoms with E-state index in [1.54, 1.807) is 47.0 Å². The van der Waals surface area contributed by atoms with Crippen LogP contribution in [0, 0.1) is 0 Å². The molecule has 1 saturated heterocycles. The quantitative estimate of drug-likeness (QED) is 0.230. The number of rotatable bonds is 10. The predicted octanol–water partition coefficient (Wildman–Crippen LogP) is 4.62. The Labute approximate surface area is 226 Å². The topological polar surface area (TPSA) is 99.5 Å². The van der Waals surface area contributed by atoms with E-state index < -0.39 is 0 Å². The summed E-state index contributed by atoms with van der Waals surface area (Å²) in [5.41, 5.74) is 1.31. The molecule has 1 aromatic heterocycles. The van der Waals surface area contributed by atoms with E-state index >= 15 is 0 Å². The van der Waals surface area contributed by atoms with Gasteiger partial charge in [0.15, 0.2) is 10.9 Å². The average molecular weight is 536 g/mol. The molecule has 1 aliphatic carbocycles. The molecule has 2 heterocycles. The van der Waals surface area contributed by atoms with E-state index in [9.17, 15) is 14.4 Å². The van der Waals surface area contributed by atoms with Crippen LogP contribution in [0.25, 0.3) is 10.9 Å². The number of ether oxygens (including phenoxy) is 2. The molecule has 38 heavy (non-hydrogen) atoms. The molecule has 2 fully saturated rings. The molecule has 1 atom stereocenters. The third kappa shape index (κ3) is 6.10. The van der Waals surface area contributed by atoms with E-state index in [1.165, 1.54) is 11.8 Å². The number of carbonyl (C=O) groups is 2. The highest BCUT2D eigenvalue weighted by Gasteiger charge is 2.22. The van der Waals surface area contributed by atoms with Crippen molar-refractivity contribution >= 4 is 34.4 Å². The fourth-order valence-corrected chi connectivity index (χ4v) is 5.96. The summed E-state index contributed by atoms with van der Waals surface area (Å²) in [6, 6.07) is 12.3. The maximum atomic E-state index is 13.6. The van der Waals surface area contributed by atoms with Crippen molar-refractivity contribution in [1.29, 1.82) is 0 Å². The first-order chi connectivity index (χ1) is 18.5. The number of ketones is 1. The molecule has 0 radical (unpaired) electrons. The summed E-state index contributed by atoms with van der Waals surface area (Å²) in [6.45, 7) is 3.53. The van der Waals surface area contributed by atoms with Crippen molar-refractivity contribution in [2.45, 2.75) is 69.3 Å². The second kappa shape index (κ2) is 12.1. The van der Waals surface area contributed by atoms with Gasteiger partial charge in [-0.05, 0) is 75.1 Å². The Morgan fingerprint density at radius 3 is 2.55 bits per heavy atom. The SMILES string of the molecule is CCOc1ccc(C(=O)CSc2nc3cc(C(=O)NC4CCCC4)ccc3c(=O)n2C[C@@H]2CCCO2)cc1. The van der Waals surface area contributed by atoms with Gasteiger partial charge in [0.2, 0.25) is 0 Å². The Morgan fingerprint density at radius 2 is 1.84 bits per heavy atom. The minimum Gasteiger partial charge on any atom is -0.494 e. The van der Waals surface area contributed by atoms with E-state index in [-0.39, 0.29) is 35.1 Å². The van der Waals surface area contributed by atoms with Crippen molar-refractivity contribution in [3.8, 4) is 5.75 Å². The zero-order valence-corrected chi connectivity index (χ0v) is 22.4. The number of carbonyl (C=O) groups excluding carboxylic acids is 2. The summed E-state index contributed by atoms with van der Waals surface area (Å²) in [4.78, 5) is 44.1. The predicted molar refractivity (Wildman–Crippen MR) is 147 cm³/mol. The second-order valence-electron chi connectivity index (χ2n) is 9.80. The molecule has 3 aromatic rings. The summed E-state index contributed by atoms with van der Waals surface area (Å²) in [7, 11) is 0. The van der Waals surface area contributed by atoms with Crippen LogP contribution in [-0.2, 0) is 11.3 Å². The van der Waals surface area contributed by atoms with Crippen molar-refractivity contribution in [2.75, 3.05) is 19.0 Å².